The van der Waals surface area contributed by atoms with E-state index in [9.17, 15) is 9.59 Å². The maximum absolute atomic E-state index is 9.99. The van der Waals surface area contributed by atoms with E-state index in [1.165, 1.54) is 0 Å². The lowest BCUT2D eigenvalue weighted by atomic mass is 10.2. The average molecular weight is 237 g/mol. The number of carbonyl (C=O) groups is 2. The highest BCUT2D eigenvalue weighted by molar-refractivity contribution is 5.74. The van der Waals surface area contributed by atoms with Gasteiger partial charge in [-0.05, 0) is 20.3 Å². The van der Waals surface area contributed by atoms with Crippen molar-refractivity contribution in [3.05, 3.63) is 0 Å². The molecule has 7 nitrogen and oxygen atoms in total. The smallest absolute Gasteiger partial charge is 0.320 e. The van der Waals surface area contributed by atoms with Crippen LogP contribution in [-0.4, -0.2) is 50.6 Å². The van der Waals surface area contributed by atoms with Crippen molar-refractivity contribution in [3.63, 3.8) is 0 Å². The van der Waals surface area contributed by atoms with Gasteiger partial charge in [-0.25, -0.2) is 0 Å². The van der Waals surface area contributed by atoms with E-state index >= 15 is 0 Å². The summed E-state index contributed by atoms with van der Waals surface area (Å²) in [7, 11) is 0. The van der Waals surface area contributed by atoms with Crippen LogP contribution in [0.1, 0.15) is 26.7 Å². The van der Waals surface area contributed by atoms with Crippen molar-refractivity contribution in [1.29, 1.82) is 0 Å². The summed E-state index contributed by atoms with van der Waals surface area (Å²) < 4.78 is 0. The maximum atomic E-state index is 9.99. The topological polar surface area (TPSA) is 141 Å². The standard InChI is InChI=1S/C5H9NO4.C4H10O2/c6-3(5(9)10)1-2-4(7)8;1-3(5)4(2)6/h3H,1-2,6H2,(H,7,8)(H,9,10);3-6H,1-2H3/t3-;/m0./s1. The fraction of sp³-hybridized carbons (Fsp3) is 0.778. The van der Waals surface area contributed by atoms with Gasteiger partial charge in [-0.2, -0.15) is 0 Å². The largest absolute Gasteiger partial charge is 0.481 e. The molecular weight excluding hydrogens is 218 g/mol. The fourth-order valence-electron chi connectivity index (χ4n) is 0.402. The molecule has 0 amide bonds. The summed E-state index contributed by atoms with van der Waals surface area (Å²) in [6.07, 6.45) is -1.41. The molecule has 0 aromatic rings. The molecule has 0 aromatic heterocycles. The second-order valence-electron chi connectivity index (χ2n) is 3.36. The molecule has 3 atom stereocenters. The van der Waals surface area contributed by atoms with Crippen molar-refractivity contribution in [2.75, 3.05) is 0 Å². The quantitative estimate of drug-likeness (QED) is 0.413. The van der Waals surface area contributed by atoms with E-state index < -0.39 is 30.2 Å². The van der Waals surface area contributed by atoms with Gasteiger partial charge >= 0.3 is 11.9 Å². The lowest BCUT2D eigenvalue weighted by Crippen LogP contribution is -2.30. The molecule has 6 N–H and O–H groups in total. The van der Waals surface area contributed by atoms with Crippen LogP contribution in [0.15, 0.2) is 0 Å². The number of carboxylic acids is 2. The van der Waals surface area contributed by atoms with E-state index in [-0.39, 0.29) is 12.8 Å². The monoisotopic (exact) mass is 237 g/mol. The SMILES string of the molecule is CC(O)C(C)O.N[C@@H](CCC(=O)O)C(=O)O. The van der Waals surface area contributed by atoms with Crippen molar-refractivity contribution in [2.24, 2.45) is 5.73 Å². The first-order valence-electron chi connectivity index (χ1n) is 4.74. The lowest BCUT2D eigenvalue weighted by Gasteiger charge is -2.03. The minimum Gasteiger partial charge on any atom is -0.481 e. The molecule has 0 aromatic carbocycles. The summed E-state index contributed by atoms with van der Waals surface area (Å²) in [4.78, 5) is 19.9. The molecule has 0 spiro atoms. The van der Waals surface area contributed by atoms with Gasteiger partial charge in [0.05, 0.1) is 12.2 Å². The number of aliphatic hydroxyl groups is 2. The molecule has 0 aliphatic heterocycles. The molecular formula is C9H19NO6. The lowest BCUT2D eigenvalue weighted by molar-refractivity contribution is -0.139. The first-order valence-corrected chi connectivity index (χ1v) is 4.74. The normalized spacial score (nSPS) is 15.3. The third-order valence-corrected chi connectivity index (χ3v) is 1.68. The molecule has 0 fully saturated rings. The molecule has 7 heteroatoms. The van der Waals surface area contributed by atoms with Crippen LogP contribution in [0.3, 0.4) is 0 Å². The van der Waals surface area contributed by atoms with Gasteiger partial charge in [0.25, 0.3) is 0 Å². The van der Waals surface area contributed by atoms with Crippen molar-refractivity contribution in [3.8, 4) is 0 Å². The van der Waals surface area contributed by atoms with Crippen LogP contribution in [0.5, 0.6) is 0 Å². The molecule has 0 radical (unpaired) electrons. The van der Waals surface area contributed by atoms with Gasteiger partial charge < -0.3 is 26.2 Å². The van der Waals surface area contributed by atoms with Crippen LogP contribution >= 0.6 is 0 Å². The van der Waals surface area contributed by atoms with E-state index in [0.717, 1.165) is 0 Å². The van der Waals surface area contributed by atoms with Gasteiger partial charge in [0.1, 0.15) is 6.04 Å². The summed E-state index contributed by atoms with van der Waals surface area (Å²) in [6, 6.07) is -1.06. The minimum atomic E-state index is -1.17. The van der Waals surface area contributed by atoms with Gasteiger partial charge in [-0.15, -0.1) is 0 Å². The van der Waals surface area contributed by atoms with Crippen LogP contribution in [0, 0.1) is 0 Å². The predicted molar refractivity (Wildman–Crippen MR) is 55.8 cm³/mol. The summed E-state index contributed by atoms with van der Waals surface area (Å²) in [6.45, 7) is 3.09. The summed E-state index contributed by atoms with van der Waals surface area (Å²) in [5.74, 6) is -2.20. The Morgan fingerprint density at radius 1 is 1.12 bits per heavy atom. The molecule has 2 unspecified atom stereocenters. The molecule has 96 valence electrons. The molecule has 0 aliphatic carbocycles. The second-order valence-corrected chi connectivity index (χ2v) is 3.36. The maximum Gasteiger partial charge on any atom is 0.320 e. The fourth-order valence-corrected chi connectivity index (χ4v) is 0.402. The Hall–Kier alpha value is -1.18. The van der Waals surface area contributed by atoms with Gasteiger partial charge in [-0.1, -0.05) is 0 Å². The van der Waals surface area contributed by atoms with Gasteiger partial charge in [0.15, 0.2) is 0 Å². The third-order valence-electron chi connectivity index (χ3n) is 1.68. The zero-order valence-electron chi connectivity index (χ0n) is 9.33. The molecule has 0 saturated heterocycles. The predicted octanol–water partition coefficient (Wildman–Crippen LogP) is -0.989. The zero-order valence-corrected chi connectivity index (χ0v) is 9.33. The Bertz CT molecular complexity index is 210. The van der Waals surface area contributed by atoms with Crippen molar-refractivity contribution in [2.45, 2.75) is 44.9 Å². The summed E-state index contributed by atoms with van der Waals surface area (Å²) in [5.41, 5.74) is 5.00. The Labute approximate surface area is 93.5 Å². The molecule has 16 heavy (non-hydrogen) atoms. The van der Waals surface area contributed by atoms with E-state index in [1.54, 1.807) is 13.8 Å². The van der Waals surface area contributed by atoms with Crippen LogP contribution in [0.4, 0.5) is 0 Å². The van der Waals surface area contributed by atoms with Crippen LogP contribution in [0.2, 0.25) is 0 Å². The second kappa shape index (κ2) is 9.08. The van der Waals surface area contributed by atoms with Crippen molar-refractivity contribution >= 4 is 11.9 Å². The van der Waals surface area contributed by atoms with Crippen LogP contribution < -0.4 is 5.73 Å². The van der Waals surface area contributed by atoms with Gasteiger partial charge in [0.2, 0.25) is 0 Å². The number of aliphatic hydroxyl groups excluding tert-OH is 2. The highest BCUT2D eigenvalue weighted by Crippen LogP contribution is 1.93. The number of nitrogens with two attached hydrogens (primary N) is 1. The highest BCUT2D eigenvalue weighted by Gasteiger charge is 2.12. The third kappa shape index (κ3) is 12.8. The highest BCUT2D eigenvalue weighted by atomic mass is 16.4. The van der Waals surface area contributed by atoms with E-state index in [0.29, 0.717) is 0 Å². The number of hydrogen-bond acceptors (Lipinski definition) is 5. The number of aliphatic carboxylic acids is 2. The summed E-state index contributed by atoms with van der Waals surface area (Å²) >= 11 is 0. The zero-order chi connectivity index (χ0) is 13.3. The Balaban J connectivity index is 0. The Morgan fingerprint density at radius 3 is 1.69 bits per heavy atom. The van der Waals surface area contributed by atoms with Gasteiger partial charge in [0, 0.05) is 6.42 Å². The minimum absolute atomic E-state index is 0.0231. The van der Waals surface area contributed by atoms with Crippen LogP contribution in [0.25, 0.3) is 0 Å². The molecule has 0 heterocycles. The van der Waals surface area contributed by atoms with E-state index in [2.05, 4.69) is 0 Å². The Kier molecular flexibility index (Phi) is 9.77. The first kappa shape index (κ1) is 17.2. The van der Waals surface area contributed by atoms with Crippen molar-refractivity contribution in [1.82, 2.24) is 0 Å². The molecule has 0 bridgehead atoms. The first-order chi connectivity index (χ1) is 7.18. The number of carboxylic acid groups (broad SMARTS) is 2. The van der Waals surface area contributed by atoms with Crippen LogP contribution in [-0.2, 0) is 9.59 Å². The van der Waals surface area contributed by atoms with E-state index in [1.807, 2.05) is 0 Å². The molecule has 0 saturated carbocycles. The van der Waals surface area contributed by atoms with Gasteiger partial charge in [-0.3, -0.25) is 9.59 Å². The molecule has 0 aliphatic rings. The number of hydrogen-bond donors (Lipinski definition) is 5. The average Bonchev–Trinajstić information content (AvgIpc) is 2.14. The Morgan fingerprint density at radius 2 is 1.50 bits per heavy atom. The molecule has 0 rings (SSSR count). The van der Waals surface area contributed by atoms with E-state index in [4.69, 9.17) is 26.2 Å². The van der Waals surface area contributed by atoms with Crippen molar-refractivity contribution < 1.29 is 30.0 Å². The summed E-state index contributed by atoms with van der Waals surface area (Å²) in [5, 5.41) is 33.0. The number of rotatable bonds is 5.